The third kappa shape index (κ3) is 3.82. The Labute approximate surface area is 111 Å². The molecule has 1 fully saturated rings. The molecule has 1 N–H and O–H groups in total. The van der Waals surface area contributed by atoms with Crippen LogP contribution < -0.4 is 9.67 Å². The molecule has 0 bridgehead atoms. The van der Waals surface area contributed by atoms with Crippen molar-refractivity contribution < 1.29 is 0 Å². The topological polar surface area (TPSA) is 24.9 Å². The van der Waals surface area contributed by atoms with Crippen LogP contribution in [0.25, 0.3) is 0 Å². The third-order valence-corrected chi connectivity index (χ3v) is 6.26. The van der Waals surface area contributed by atoms with E-state index in [9.17, 15) is 0 Å². The maximum atomic E-state index is 4.24. The van der Waals surface area contributed by atoms with Crippen molar-refractivity contribution in [2.24, 2.45) is 0 Å². The number of hydrogen-bond donors (Lipinski definition) is 1. The van der Waals surface area contributed by atoms with Crippen LogP contribution in [0.1, 0.15) is 40.5 Å². The fourth-order valence-corrected chi connectivity index (χ4v) is 7.38. The van der Waals surface area contributed by atoms with Crippen molar-refractivity contribution in [3.05, 3.63) is 24.5 Å². The van der Waals surface area contributed by atoms with Gasteiger partial charge < -0.3 is 0 Å². The van der Waals surface area contributed by atoms with Crippen molar-refractivity contribution in [2.75, 3.05) is 0 Å². The van der Waals surface area contributed by atoms with Gasteiger partial charge in [0.15, 0.2) is 0 Å². The Balaban J connectivity index is 2.06. The molecule has 94 valence electrons. The molecule has 1 atom stereocenters. The third-order valence-electron chi connectivity index (χ3n) is 3.22. The summed E-state index contributed by atoms with van der Waals surface area (Å²) in [5.41, 5.74) is 0.552. The predicted molar refractivity (Wildman–Crippen MR) is 75.3 cm³/mol. The zero-order valence-electron chi connectivity index (χ0n) is 11.2. The summed E-state index contributed by atoms with van der Waals surface area (Å²) in [7, 11) is 0. The molecule has 3 heteroatoms. The van der Waals surface area contributed by atoms with Gasteiger partial charge in [0.1, 0.15) is 0 Å². The van der Waals surface area contributed by atoms with Crippen LogP contribution in [0, 0.1) is 0 Å². The summed E-state index contributed by atoms with van der Waals surface area (Å²) in [5, 5.41) is 3.75. The van der Waals surface area contributed by atoms with E-state index in [1.807, 2.05) is 6.20 Å². The second kappa shape index (κ2) is 4.74. The molecular formula is C14H23AsN2. The first-order valence-electron chi connectivity index (χ1n) is 6.32. The van der Waals surface area contributed by atoms with Gasteiger partial charge in [0, 0.05) is 0 Å². The minimum atomic E-state index is -0.0621. The number of rotatable bonds is 2. The number of nitrogens with zero attached hydrogens (tertiary/aromatic N) is 1. The molecular weight excluding hydrogens is 271 g/mol. The zero-order valence-corrected chi connectivity index (χ0v) is 13.3. The minimum absolute atomic E-state index is 0.0621. The van der Waals surface area contributed by atoms with Gasteiger partial charge >= 0.3 is 111 Å². The van der Waals surface area contributed by atoms with Crippen LogP contribution in [-0.2, 0) is 0 Å². The maximum absolute atomic E-state index is 4.24. The van der Waals surface area contributed by atoms with Crippen molar-refractivity contribution in [2.45, 2.75) is 56.3 Å². The van der Waals surface area contributed by atoms with Crippen molar-refractivity contribution in [1.29, 1.82) is 0 Å². The van der Waals surface area contributed by atoms with Gasteiger partial charge in [-0.05, 0) is 0 Å². The van der Waals surface area contributed by atoms with Crippen molar-refractivity contribution in [3.63, 3.8) is 0 Å². The van der Waals surface area contributed by atoms with Crippen LogP contribution in [0.5, 0.6) is 0 Å². The van der Waals surface area contributed by atoms with Gasteiger partial charge in [-0.15, -0.1) is 0 Å². The number of aromatic nitrogens is 1. The van der Waals surface area contributed by atoms with Crippen molar-refractivity contribution >= 4 is 20.1 Å². The first kappa shape index (κ1) is 13.1. The summed E-state index contributed by atoms with van der Waals surface area (Å²) >= 11 is -0.0621. The van der Waals surface area contributed by atoms with Gasteiger partial charge in [0.05, 0.1) is 0 Å². The number of piperidine rings is 1. The van der Waals surface area contributed by atoms with Crippen LogP contribution in [0.2, 0.25) is 4.71 Å². The Morgan fingerprint density at radius 2 is 1.88 bits per heavy atom. The normalized spacial score (nSPS) is 24.2. The Bertz CT molecular complexity index is 357. The molecule has 1 aromatic heterocycles. The molecule has 2 nitrogen and oxygen atoms in total. The van der Waals surface area contributed by atoms with Gasteiger partial charge in [-0.3, -0.25) is 0 Å². The van der Waals surface area contributed by atoms with E-state index in [-0.39, 0.29) is 26.8 Å². The van der Waals surface area contributed by atoms with Gasteiger partial charge in [-0.1, -0.05) is 0 Å². The second-order valence-electron chi connectivity index (χ2n) is 6.38. The summed E-state index contributed by atoms with van der Waals surface area (Å²) < 4.78 is 2.37. The Kier molecular flexibility index (Phi) is 3.66. The van der Waals surface area contributed by atoms with Crippen LogP contribution in [0.3, 0.4) is 0 Å². The molecule has 2 rings (SSSR count). The molecule has 1 aliphatic heterocycles. The summed E-state index contributed by atoms with van der Waals surface area (Å²) in [6.45, 7) is 9.32. The van der Waals surface area contributed by atoms with E-state index in [1.54, 1.807) is 0 Å². The molecule has 0 aromatic carbocycles. The first-order valence-corrected chi connectivity index (χ1v) is 8.58. The SMILES string of the molecule is CC1(C)CC([AsH]c2cccnc2)CC(C)(C)N1. The standard InChI is InChI=1S/C14H23AsN2/c1-13(2)8-12(9-14(3,4)17-13)15-11-6-5-7-16-10-11/h5-7,10,12,15,17H,8-9H2,1-4H3. The van der Waals surface area contributed by atoms with Crippen LogP contribution in [0.15, 0.2) is 24.5 Å². The van der Waals surface area contributed by atoms with E-state index < -0.39 is 0 Å². The van der Waals surface area contributed by atoms with E-state index in [0.717, 1.165) is 4.71 Å². The Hall–Kier alpha value is -0.332. The first-order chi connectivity index (χ1) is 7.86. The molecule has 0 radical (unpaired) electrons. The molecule has 1 saturated heterocycles. The van der Waals surface area contributed by atoms with Crippen LogP contribution >= 0.6 is 0 Å². The van der Waals surface area contributed by atoms with E-state index >= 15 is 0 Å². The van der Waals surface area contributed by atoms with Crippen LogP contribution in [-0.4, -0.2) is 31.8 Å². The summed E-state index contributed by atoms with van der Waals surface area (Å²) in [6.07, 6.45) is 6.52. The van der Waals surface area contributed by atoms with Gasteiger partial charge in [0.25, 0.3) is 0 Å². The Morgan fingerprint density at radius 3 is 2.41 bits per heavy atom. The number of hydrogen-bond acceptors (Lipinski definition) is 2. The fourth-order valence-electron chi connectivity index (χ4n) is 3.11. The molecule has 1 aromatic rings. The molecule has 17 heavy (non-hydrogen) atoms. The molecule has 0 spiro atoms. The molecule has 0 saturated carbocycles. The average Bonchev–Trinajstić information content (AvgIpc) is 2.13. The second-order valence-corrected chi connectivity index (χ2v) is 9.91. The molecule has 0 aliphatic carbocycles. The Morgan fingerprint density at radius 1 is 1.24 bits per heavy atom. The van der Waals surface area contributed by atoms with Gasteiger partial charge in [0.2, 0.25) is 0 Å². The number of nitrogens with one attached hydrogen (secondary N) is 1. The predicted octanol–water partition coefficient (Wildman–Crippen LogP) is 1.87. The van der Waals surface area contributed by atoms with E-state index in [4.69, 9.17) is 0 Å². The molecule has 2 heterocycles. The average molecular weight is 294 g/mol. The van der Waals surface area contributed by atoms with Crippen molar-refractivity contribution in [1.82, 2.24) is 10.3 Å². The fraction of sp³-hybridized carbons (Fsp3) is 0.643. The molecule has 0 amide bonds. The molecule has 1 aliphatic rings. The number of pyridine rings is 1. The van der Waals surface area contributed by atoms with Gasteiger partial charge in [-0.25, -0.2) is 0 Å². The van der Waals surface area contributed by atoms with Crippen molar-refractivity contribution in [3.8, 4) is 0 Å². The van der Waals surface area contributed by atoms with Gasteiger partial charge in [-0.2, -0.15) is 0 Å². The zero-order chi connectivity index (χ0) is 12.5. The van der Waals surface area contributed by atoms with E-state index in [1.165, 1.54) is 17.2 Å². The molecule has 1 unspecified atom stereocenters. The summed E-state index contributed by atoms with van der Waals surface area (Å²) in [6, 6.07) is 4.31. The quantitative estimate of drug-likeness (QED) is 0.842. The van der Waals surface area contributed by atoms with E-state index in [0.29, 0.717) is 0 Å². The summed E-state index contributed by atoms with van der Waals surface area (Å²) in [5.74, 6) is 0. The monoisotopic (exact) mass is 294 g/mol. The van der Waals surface area contributed by atoms with Crippen LogP contribution in [0.4, 0.5) is 0 Å². The van der Waals surface area contributed by atoms with E-state index in [2.05, 4.69) is 56.3 Å². The summed E-state index contributed by atoms with van der Waals surface area (Å²) in [4.78, 5) is 4.24.